The summed E-state index contributed by atoms with van der Waals surface area (Å²) in [5.74, 6) is -2.14. The molecule has 2 N–H and O–H groups in total. The molecule has 2 amide bonds. The lowest BCUT2D eigenvalue weighted by atomic mass is 9.91. The normalized spacial score (nSPS) is 21.7. The lowest BCUT2D eigenvalue weighted by molar-refractivity contribution is -0.384. The summed E-state index contributed by atoms with van der Waals surface area (Å²) in [7, 11) is 0.211. The van der Waals surface area contributed by atoms with Crippen LogP contribution in [0.3, 0.4) is 0 Å². The predicted molar refractivity (Wildman–Crippen MR) is 182 cm³/mol. The van der Waals surface area contributed by atoms with Crippen LogP contribution in [0, 0.1) is 37.3 Å². The van der Waals surface area contributed by atoms with Crippen molar-refractivity contribution in [3.8, 4) is 0 Å². The third-order valence-corrected chi connectivity index (χ3v) is 11.8. The molecular formula is C34H36F2N6O7Si. The Hall–Kier alpha value is -5.12. The van der Waals surface area contributed by atoms with E-state index in [2.05, 4.69) is 19.2 Å². The zero-order valence-electron chi connectivity index (χ0n) is 27.5. The molecule has 16 heteroatoms. The summed E-state index contributed by atoms with van der Waals surface area (Å²) < 4.78 is 33.6. The lowest BCUT2D eigenvalue weighted by Crippen LogP contribution is -2.42. The van der Waals surface area contributed by atoms with E-state index in [4.69, 9.17) is 0 Å². The molecule has 3 aliphatic rings. The zero-order chi connectivity index (χ0) is 35.9. The molecule has 3 aromatic rings. The SMILES string of the molecule is CC1(C)CCN(c2c(F)cc(N3[C@H](c4ccc([N+](=O)[O-])cc4)CC[C@H]3c3ccc(NC(=O)[C@@H]4CCCN4C(=O)O)c([N+](=O)[O-])c3)cc2F)[Si]C1. The number of anilines is 3. The molecular weight excluding hydrogens is 670 g/mol. The van der Waals surface area contributed by atoms with E-state index in [1.54, 1.807) is 27.7 Å². The predicted octanol–water partition coefficient (Wildman–Crippen LogP) is 7.22. The first-order chi connectivity index (χ1) is 23.7. The van der Waals surface area contributed by atoms with Crippen LogP contribution in [0.25, 0.3) is 0 Å². The second kappa shape index (κ2) is 13.6. The van der Waals surface area contributed by atoms with E-state index in [9.17, 15) is 34.9 Å². The molecule has 3 saturated heterocycles. The Morgan fingerprint density at radius 3 is 2.14 bits per heavy atom. The first-order valence-corrected chi connectivity index (χ1v) is 17.5. The van der Waals surface area contributed by atoms with Gasteiger partial charge in [-0.1, -0.05) is 32.0 Å². The van der Waals surface area contributed by atoms with Gasteiger partial charge in [-0.2, -0.15) is 0 Å². The molecule has 3 aliphatic heterocycles. The molecule has 2 radical (unpaired) electrons. The van der Waals surface area contributed by atoms with Crippen molar-refractivity contribution in [2.75, 3.05) is 27.9 Å². The fourth-order valence-corrected chi connectivity index (χ4v) is 8.62. The summed E-state index contributed by atoms with van der Waals surface area (Å²) >= 11 is 0. The Morgan fingerprint density at radius 2 is 1.56 bits per heavy atom. The molecule has 50 heavy (non-hydrogen) atoms. The highest BCUT2D eigenvalue weighted by molar-refractivity contribution is 6.42. The van der Waals surface area contributed by atoms with Gasteiger partial charge in [0.15, 0.2) is 21.3 Å². The summed E-state index contributed by atoms with van der Waals surface area (Å²) in [4.78, 5) is 49.8. The van der Waals surface area contributed by atoms with Crippen molar-refractivity contribution in [1.82, 2.24) is 4.90 Å². The Bertz CT molecular complexity index is 1810. The van der Waals surface area contributed by atoms with Gasteiger partial charge in [0.2, 0.25) is 5.91 Å². The number of nitro benzene ring substituents is 2. The van der Waals surface area contributed by atoms with Crippen molar-refractivity contribution in [3.05, 3.63) is 97.6 Å². The van der Waals surface area contributed by atoms with Crippen LogP contribution in [0.15, 0.2) is 54.6 Å². The minimum Gasteiger partial charge on any atom is -0.465 e. The number of nitrogens with one attached hydrogen (secondary N) is 1. The maximum absolute atomic E-state index is 15.9. The number of amides is 2. The van der Waals surface area contributed by atoms with Crippen LogP contribution in [0.2, 0.25) is 6.04 Å². The highest BCUT2D eigenvalue weighted by Gasteiger charge is 2.39. The average molecular weight is 707 g/mol. The summed E-state index contributed by atoms with van der Waals surface area (Å²) in [6.45, 7) is 4.96. The average Bonchev–Trinajstić information content (AvgIpc) is 3.74. The largest absolute Gasteiger partial charge is 0.465 e. The van der Waals surface area contributed by atoms with Gasteiger partial charge in [0.25, 0.3) is 11.4 Å². The van der Waals surface area contributed by atoms with Gasteiger partial charge in [-0.15, -0.1) is 0 Å². The Kier molecular flexibility index (Phi) is 9.48. The summed E-state index contributed by atoms with van der Waals surface area (Å²) in [6, 6.07) is 11.5. The van der Waals surface area contributed by atoms with Gasteiger partial charge in [0.1, 0.15) is 17.4 Å². The fourth-order valence-electron chi connectivity index (χ4n) is 7.18. The number of hydrogen-bond acceptors (Lipinski definition) is 8. The summed E-state index contributed by atoms with van der Waals surface area (Å²) in [6.07, 6.45) is 1.19. The minimum absolute atomic E-state index is 0.0822. The van der Waals surface area contributed by atoms with Crippen molar-refractivity contribution < 1.29 is 33.3 Å². The monoisotopic (exact) mass is 706 g/mol. The van der Waals surface area contributed by atoms with Gasteiger partial charge in [-0.05, 0) is 72.9 Å². The van der Waals surface area contributed by atoms with Crippen LogP contribution < -0.4 is 14.8 Å². The van der Waals surface area contributed by atoms with Crippen LogP contribution in [0.5, 0.6) is 0 Å². The molecule has 13 nitrogen and oxygen atoms in total. The number of non-ortho nitro benzene ring substituents is 1. The fraction of sp³-hybridized carbons (Fsp3) is 0.412. The van der Waals surface area contributed by atoms with Crippen molar-refractivity contribution in [3.63, 3.8) is 0 Å². The molecule has 0 aromatic heterocycles. The molecule has 3 heterocycles. The van der Waals surface area contributed by atoms with E-state index < -0.39 is 57.3 Å². The number of carbonyl (C=O) groups excluding carboxylic acids is 1. The third kappa shape index (κ3) is 6.84. The molecule has 6 rings (SSSR count). The number of nitro groups is 2. The first-order valence-electron chi connectivity index (χ1n) is 16.4. The zero-order valence-corrected chi connectivity index (χ0v) is 28.5. The maximum atomic E-state index is 15.9. The second-order valence-electron chi connectivity index (χ2n) is 13.7. The van der Waals surface area contributed by atoms with Crippen molar-refractivity contribution in [2.45, 2.75) is 70.1 Å². The van der Waals surface area contributed by atoms with Crippen molar-refractivity contribution >= 4 is 50.1 Å². The molecule has 3 atom stereocenters. The maximum Gasteiger partial charge on any atom is 0.407 e. The second-order valence-corrected chi connectivity index (χ2v) is 14.9. The van der Waals surface area contributed by atoms with Crippen LogP contribution in [0.4, 0.5) is 42.0 Å². The number of hydrogen-bond donors (Lipinski definition) is 2. The topological polar surface area (TPSA) is 162 Å². The standard InChI is InChI=1S/C34H36F2N6O7Si/c1-34(2)13-15-39(50-19-34)31-24(35)17-23(18-25(31)36)40-27(20-5-8-22(9-6-20)41(46)47)11-12-28(40)21-7-10-26(30(16-21)42(48)49)37-32(43)29-4-3-14-38(29)33(44)45/h5-10,16-18,27-29H,3-4,11-15,19H2,1-2H3,(H,37,43)(H,44,45)/t27-,28-,29-/m0/s1. The molecule has 0 unspecified atom stereocenters. The van der Waals surface area contributed by atoms with Crippen molar-refractivity contribution in [2.24, 2.45) is 5.41 Å². The highest BCUT2D eigenvalue weighted by atomic mass is 28.2. The number of nitrogens with zero attached hydrogens (tertiary/aromatic N) is 5. The molecule has 3 fully saturated rings. The van der Waals surface area contributed by atoms with E-state index in [0.29, 0.717) is 36.9 Å². The molecule has 0 aliphatic carbocycles. The molecule has 0 saturated carbocycles. The van der Waals surface area contributed by atoms with E-state index in [-0.39, 0.29) is 50.8 Å². The molecule has 0 bridgehead atoms. The Labute approximate surface area is 289 Å². The van der Waals surface area contributed by atoms with Crippen LogP contribution >= 0.6 is 0 Å². The van der Waals surface area contributed by atoms with E-state index in [1.807, 2.05) is 0 Å². The molecule has 262 valence electrons. The molecule has 3 aromatic carbocycles. The number of halogens is 2. The minimum atomic E-state index is -1.25. The van der Waals surface area contributed by atoms with E-state index >= 15 is 8.78 Å². The Balaban J connectivity index is 1.36. The van der Waals surface area contributed by atoms with Crippen molar-refractivity contribution in [1.29, 1.82) is 0 Å². The third-order valence-electron chi connectivity index (χ3n) is 9.87. The summed E-state index contributed by atoms with van der Waals surface area (Å²) in [5, 5.41) is 35.6. The number of carboxylic acid groups (broad SMARTS) is 1. The van der Waals surface area contributed by atoms with Crippen LogP contribution in [-0.2, 0) is 4.79 Å². The highest BCUT2D eigenvalue weighted by Crippen LogP contribution is 2.49. The quantitative estimate of drug-likeness (QED) is 0.140. The smallest absolute Gasteiger partial charge is 0.407 e. The number of benzene rings is 3. The van der Waals surface area contributed by atoms with Gasteiger partial charge in [-0.25, -0.2) is 13.6 Å². The molecule has 0 spiro atoms. The van der Waals surface area contributed by atoms with E-state index in [1.165, 1.54) is 36.4 Å². The number of likely N-dealkylation sites (tertiary alicyclic amines) is 1. The van der Waals surface area contributed by atoms with Gasteiger partial charge in [0.05, 0.1) is 21.9 Å². The first kappa shape index (κ1) is 34.7. The van der Waals surface area contributed by atoms with Gasteiger partial charge in [0, 0.05) is 37.0 Å². The van der Waals surface area contributed by atoms with Crippen LogP contribution in [0.1, 0.15) is 69.2 Å². The number of rotatable bonds is 8. The van der Waals surface area contributed by atoms with E-state index in [0.717, 1.165) is 17.4 Å². The Morgan fingerprint density at radius 1 is 0.920 bits per heavy atom. The van der Waals surface area contributed by atoms with Gasteiger partial charge in [-0.3, -0.25) is 29.9 Å². The van der Waals surface area contributed by atoms with Gasteiger partial charge < -0.3 is 19.9 Å². The van der Waals surface area contributed by atoms with Gasteiger partial charge >= 0.3 is 6.09 Å². The lowest BCUT2D eigenvalue weighted by Gasteiger charge is -2.38. The number of carbonyl (C=O) groups is 2. The summed E-state index contributed by atoms with van der Waals surface area (Å²) in [5.41, 5.74) is 0.686. The van der Waals surface area contributed by atoms with Crippen LogP contribution in [-0.4, -0.2) is 60.7 Å².